The van der Waals surface area contributed by atoms with E-state index in [1.807, 2.05) is 0 Å². The van der Waals surface area contributed by atoms with Crippen molar-refractivity contribution in [1.82, 2.24) is 0 Å². The second kappa shape index (κ2) is 49.5. The summed E-state index contributed by atoms with van der Waals surface area (Å²) in [7, 11) is 0. The Morgan fingerprint density at radius 2 is 0.639 bits per heavy atom. The molecule has 0 aliphatic heterocycles. The molecule has 350 valence electrons. The Balaban J connectivity index is 4.41. The lowest BCUT2D eigenvalue weighted by atomic mass is 10.1. The Hall–Kier alpha value is -3.15. The number of carbonyl (C=O) groups is 3. The molecule has 0 N–H and O–H groups in total. The van der Waals surface area contributed by atoms with Gasteiger partial charge in [-0.1, -0.05) is 203 Å². The highest BCUT2D eigenvalue weighted by atomic mass is 16.6. The zero-order chi connectivity index (χ0) is 44.4. The van der Waals surface area contributed by atoms with Crippen LogP contribution >= 0.6 is 0 Å². The Labute approximate surface area is 376 Å². The van der Waals surface area contributed by atoms with E-state index >= 15 is 0 Å². The van der Waals surface area contributed by atoms with Gasteiger partial charge in [-0.2, -0.15) is 0 Å². The van der Waals surface area contributed by atoms with Crippen LogP contribution in [0.25, 0.3) is 0 Å². The number of ether oxygens (including phenoxy) is 3. The van der Waals surface area contributed by atoms with E-state index in [2.05, 4.69) is 93.7 Å². The second-order valence-corrected chi connectivity index (χ2v) is 16.7. The van der Waals surface area contributed by atoms with E-state index in [0.29, 0.717) is 19.3 Å². The maximum Gasteiger partial charge on any atom is 0.306 e. The van der Waals surface area contributed by atoms with Gasteiger partial charge in [0.05, 0.1) is 0 Å². The highest BCUT2D eigenvalue weighted by molar-refractivity contribution is 5.71. The molecule has 0 fully saturated rings. The molecule has 0 aromatic rings. The zero-order valence-electron chi connectivity index (χ0n) is 39.9. The Morgan fingerprint density at radius 3 is 1.05 bits per heavy atom. The van der Waals surface area contributed by atoms with Crippen LogP contribution in [-0.4, -0.2) is 37.2 Å². The van der Waals surface area contributed by atoms with Crippen molar-refractivity contribution in [3.8, 4) is 0 Å². The monoisotopic (exact) mass is 851 g/mol. The van der Waals surface area contributed by atoms with Crippen LogP contribution in [0.4, 0.5) is 0 Å². The van der Waals surface area contributed by atoms with Crippen molar-refractivity contribution >= 4 is 17.9 Å². The average molecular weight is 851 g/mol. The summed E-state index contributed by atoms with van der Waals surface area (Å²) in [6.07, 6.45) is 61.7. The molecule has 0 aliphatic rings. The van der Waals surface area contributed by atoms with Gasteiger partial charge in [0.1, 0.15) is 13.2 Å². The summed E-state index contributed by atoms with van der Waals surface area (Å²) in [5.41, 5.74) is 0. The third-order valence-electron chi connectivity index (χ3n) is 10.7. The molecule has 0 aliphatic carbocycles. The lowest BCUT2D eigenvalue weighted by Gasteiger charge is -2.18. The van der Waals surface area contributed by atoms with Gasteiger partial charge in [-0.15, -0.1) is 0 Å². The first kappa shape index (κ1) is 57.9. The van der Waals surface area contributed by atoms with Crippen molar-refractivity contribution in [3.63, 3.8) is 0 Å². The van der Waals surface area contributed by atoms with Crippen LogP contribution < -0.4 is 0 Å². The van der Waals surface area contributed by atoms with Crippen LogP contribution in [0.2, 0.25) is 0 Å². The number of esters is 3. The summed E-state index contributed by atoms with van der Waals surface area (Å²) < 4.78 is 16.7. The van der Waals surface area contributed by atoms with Crippen LogP contribution in [0.15, 0.2) is 72.9 Å². The molecule has 6 heteroatoms. The van der Waals surface area contributed by atoms with Gasteiger partial charge in [0.25, 0.3) is 0 Å². The van der Waals surface area contributed by atoms with E-state index in [4.69, 9.17) is 14.2 Å². The summed E-state index contributed by atoms with van der Waals surface area (Å²) in [5, 5.41) is 0. The normalized spacial score (nSPS) is 12.6. The van der Waals surface area contributed by atoms with Gasteiger partial charge in [-0.25, -0.2) is 0 Å². The van der Waals surface area contributed by atoms with Gasteiger partial charge in [0.2, 0.25) is 0 Å². The molecule has 0 unspecified atom stereocenters. The topological polar surface area (TPSA) is 78.9 Å². The van der Waals surface area contributed by atoms with Crippen LogP contribution in [0, 0.1) is 0 Å². The first-order chi connectivity index (χ1) is 30.0. The Morgan fingerprint density at radius 1 is 0.344 bits per heavy atom. The van der Waals surface area contributed by atoms with E-state index < -0.39 is 6.10 Å². The van der Waals surface area contributed by atoms with E-state index in [-0.39, 0.29) is 31.1 Å². The summed E-state index contributed by atoms with van der Waals surface area (Å²) in [5.74, 6) is -0.930. The molecule has 0 radical (unpaired) electrons. The molecule has 0 spiro atoms. The van der Waals surface area contributed by atoms with Gasteiger partial charge in [-0.3, -0.25) is 14.4 Å². The Bertz CT molecular complexity index is 1160. The van der Waals surface area contributed by atoms with Crippen molar-refractivity contribution < 1.29 is 28.6 Å². The standard InChI is InChI=1S/C55H94O6/c1-4-7-10-13-16-19-22-24-25-26-27-28-29-31-34-36-39-42-45-48-54(57)60-51-52(61-55(58)49-46-43-40-37-32-21-18-15-12-9-6-3)50-59-53(56)47-44-41-38-35-33-30-23-20-17-14-11-8-5-2/h7,10,16,19-20,23-25,27-28,31,34,52H,4-6,8-9,11-15,17-18,21-22,26,29-30,32-33,35-51H2,1-3H3/b10-7-,19-16-,23-20-,25-24-,28-27-,34-31-/t52-/m0/s1. The lowest BCUT2D eigenvalue weighted by molar-refractivity contribution is -0.167. The largest absolute Gasteiger partial charge is 0.462 e. The molecule has 0 amide bonds. The molecule has 1 atom stereocenters. The number of unbranched alkanes of at least 4 members (excludes halogenated alkanes) is 22. The molecule has 0 saturated carbocycles. The molecule has 0 aromatic heterocycles. The SMILES string of the molecule is CC/C=C\C/C=C\C/C=C\C/C=C\C/C=C\CCCCCC(=O)OC[C@H](COC(=O)CCCCCCC/C=C\CCCCCC)OC(=O)CCCCCCCCCCCCC. The number of hydrogen-bond donors (Lipinski definition) is 0. The van der Waals surface area contributed by atoms with Crippen molar-refractivity contribution in [1.29, 1.82) is 0 Å². The highest BCUT2D eigenvalue weighted by Crippen LogP contribution is 2.14. The first-order valence-corrected chi connectivity index (χ1v) is 25.4. The molecule has 0 saturated heterocycles. The summed E-state index contributed by atoms with van der Waals surface area (Å²) in [6, 6.07) is 0. The summed E-state index contributed by atoms with van der Waals surface area (Å²) >= 11 is 0. The molecule has 0 rings (SSSR count). The lowest BCUT2D eigenvalue weighted by Crippen LogP contribution is -2.30. The van der Waals surface area contributed by atoms with Gasteiger partial charge in [0, 0.05) is 19.3 Å². The third-order valence-corrected chi connectivity index (χ3v) is 10.7. The van der Waals surface area contributed by atoms with E-state index in [1.165, 1.54) is 96.3 Å². The maximum atomic E-state index is 12.7. The van der Waals surface area contributed by atoms with Gasteiger partial charge in [0.15, 0.2) is 6.10 Å². The van der Waals surface area contributed by atoms with Crippen molar-refractivity contribution in [3.05, 3.63) is 72.9 Å². The first-order valence-electron chi connectivity index (χ1n) is 25.4. The summed E-state index contributed by atoms with van der Waals surface area (Å²) in [4.78, 5) is 37.9. The predicted octanol–water partition coefficient (Wildman–Crippen LogP) is 16.6. The Kier molecular flexibility index (Phi) is 46.9. The number of hydrogen-bond acceptors (Lipinski definition) is 6. The van der Waals surface area contributed by atoms with Crippen molar-refractivity contribution in [2.45, 2.75) is 245 Å². The molecule has 61 heavy (non-hydrogen) atoms. The van der Waals surface area contributed by atoms with Gasteiger partial charge >= 0.3 is 17.9 Å². The molecule has 0 aromatic carbocycles. The summed E-state index contributed by atoms with van der Waals surface area (Å²) in [6.45, 7) is 6.46. The minimum Gasteiger partial charge on any atom is -0.462 e. The molecule has 6 nitrogen and oxygen atoms in total. The third kappa shape index (κ3) is 47.7. The van der Waals surface area contributed by atoms with Crippen LogP contribution in [0.3, 0.4) is 0 Å². The number of rotatable bonds is 45. The van der Waals surface area contributed by atoms with Crippen molar-refractivity contribution in [2.75, 3.05) is 13.2 Å². The second-order valence-electron chi connectivity index (χ2n) is 16.7. The maximum absolute atomic E-state index is 12.7. The van der Waals surface area contributed by atoms with Gasteiger partial charge in [-0.05, 0) is 89.9 Å². The molecular formula is C55H94O6. The molecule has 0 heterocycles. The minimum absolute atomic E-state index is 0.0892. The average Bonchev–Trinajstić information content (AvgIpc) is 3.26. The fraction of sp³-hybridized carbons (Fsp3) is 0.727. The zero-order valence-corrected chi connectivity index (χ0v) is 39.9. The highest BCUT2D eigenvalue weighted by Gasteiger charge is 2.19. The fourth-order valence-corrected chi connectivity index (χ4v) is 6.87. The molecule has 0 bridgehead atoms. The fourth-order valence-electron chi connectivity index (χ4n) is 6.87. The van der Waals surface area contributed by atoms with Crippen LogP contribution in [0.1, 0.15) is 239 Å². The predicted molar refractivity (Wildman–Crippen MR) is 261 cm³/mol. The smallest absolute Gasteiger partial charge is 0.306 e. The van der Waals surface area contributed by atoms with E-state index in [0.717, 1.165) is 103 Å². The number of carbonyl (C=O) groups excluding carboxylic acids is 3. The van der Waals surface area contributed by atoms with E-state index in [9.17, 15) is 14.4 Å². The van der Waals surface area contributed by atoms with Gasteiger partial charge < -0.3 is 14.2 Å². The van der Waals surface area contributed by atoms with E-state index in [1.54, 1.807) is 0 Å². The van der Waals surface area contributed by atoms with Crippen LogP contribution in [0.5, 0.6) is 0 Å². The minimum atomic E-state index is -0.789. The van der Waals surface area contributed by atoms with Crippen LogP contribution in [-0.2, 0) is 28.6 Å². The van der Waals surface area contributed by atoms with Crippen molar-refractivity contribution in [2.24, 2.45) is 0 Å². The molecular weight excluding hydrogens is 757 g/mol. The quantitative estimate of drug-likeness (QED) is 0.0263. The number of allylic oxidation sites excluding steroid dienone is 12.